The Morgan fingerprint density at radius 2 is 2.21 bits per heavy atom. The molecule has 0 aliphatic rings. The first kappa shape index (κ1) is 10.9. The fraction of sp³-hybridized carbons (Fsp3) is 0.417. The fourth-order valence-corrected chi connectivity index (χ4v) is 1.38. The third kappa shape index (κ3) is 3.71. The molecule has 0 aliphatic carbocycles. The molecular formula is C12H16O2. The second kappa shape index (κ2) is 5.55. The van der Waals surface area contributed by atoms with E-state index in [4.69, 9.17) is 4.74 Å². The highest BCUT2D eigenvalue weighted by molar-refractivity contribution is 5.79. The average molecular weight is 192 g/mol. The first-order valence-electron chi connectivity index (χ1n) is 4.78. The number of rotatable bonds is 5. The van der Waals surface area contributed by atoms with Crippen molar-refractivity contribution < 1.29 is 9.53 Å². The lowest BCUT2D eigenvalue weighted by molar-refractivity contribution is -0.122. The molecule has 0 aromatic heterocycles. The van der Waals surface area contributed by atoms with E-state index in [0.29, 0.717) is 6.42 Å². The topological polar surface area (TPSA) is 26.3 Å². The van der Waals surface area contributed by atoms with Gasteiger partial charge in [-0.2, -0.15) is 0 Å². The van der Waals surface area contributed by atoms with Crippen LogP contribution in [0.2, 0.25) is 0 Å². The van der Waals surface area contributed by atoms with E-state index in [9.17, 15) is 4.79 Å². The van der Waals surface area contributed by atoms with Crippen molar-refractivity contribution in [3.63, 3.8) is 0 Å². The highest BCUT2D eigenvalue weighted by Crippen LogP contribution is 2.06. The van der Waals surface area contributed by atoms with Crippen LogP contribution >= 0.6 is 0 Å². The van der Waals surface area contributed by atoms with E-state index in [0.717, 1.165) is 6.42 Å². The number of hydrogen-bond donors (Lipinski definition) is 0. The van der Waals surface area contributed by atoms with Crippen molar-refractivity contribution in [1.29, 1.82) is 0 Å². The molecular weight excluding hydrogens is 176 g/mol. The molecule has 0 spiro atoms. The Kier molecular flexibility index (Phi) is 4.33. The van der Waals surface area contributed by atoms with Crippen molar-refractivity contribution in [2.75, 3.05) is 13.7 Å². The number of ether oxygens (including phenoxy) is 1. The minimum Gasteiger partial charge on any atom is -0.377 e. The van der Waals surface area contributed by atoms with E-state index >= 15 is 0 Å². The molecule has 0 saturated heterocycles. The molecule has 1 aromatic rings. The van der Waals surface area contributed by atoms with Gasteiger partial charge in [-0.3, -0.25) is 4.79 Å². The third-order valence-electron chi connectivity index (χ3n) is 2.08. The second-order valence-corrected chi connectivity index (χ2v) is 3.46. The molecule has 0 fully saturated rings. The van der Waals surface area contributed by atoms with Gasteiger partial charge in [0.2, 0.25) is 0 Å². The SMILES string of the molecule is COCC(=O)CCc1cccc(C)c1. The molecule has 14 heavy (non-hydrogen) atoms. The van der Waals surface area contributed by atoms with Crippen LogP contribution in [0.1, 0.15) is 17.5 Å². The lowest BCUT2D eigenvalue weighted by atomic mass is 10.1. The van der Waals surface area contributed by atoms with E-state index in [1.165, 1.54) is 11.1 Å². The second-order valence-electron chi connectivity index (χ2n) is 3.46. The van der Waals surface area contributed by atoms with Gasteiger partial charge < -0.3 is 4.74 Å². The van der Waals surface area contributed by atoms with Gasteiger partial charge in [-0.25, -0.2) is 0 Å². The minimum atomic E-state index is 0.161. The van der Waals surface area contributed by atoms with Crippen molar-refractivity contribution in [1.82, 2.24) is 0 Å². The van der Waals surface area contributed by atoms with Gasteiger partial charge in [0.15, 0.2) is 5.78 Å². The Hall–Kier alpha value is -1.15. The number of carbonyl (C=O) groups is 1. The summed E-state index contributed by atoms with van der Waals surface area (Å²) in [5, 5.41) is 0. The number of benzene rings is 1. The molecule has 2 heteroatoms. The summed E-state index contributed by atoms with van der Waals surface area (Å²) in [6, 6.07) is 8.24. The van der Waals surface area contributed by atoms with E-state index in [1.54, 1.807) is 7.11 Å². The summed E-state index contributed by atoms with van der Waals surface area (Å²) in [6.07, 6.45) is 1.38. The Balaban J connectivity index is 2.41. The normalized spacial score (nSPS) is 10.1. The van der Waals surface area contributed by atoms with Crippen molar-refractivity contribution in [2.24, 2.45) is 0 Å². The molecule has 0 amide bonds. The van der Waals surface area contributed by atoms with Crippen LogP contribution < -0.4 is 0 Å². The number of ketones is 1. The minimum absolute atomic E-state index is 0.161. The molecule has 0 aliphatic heterocycles. The van der Waals surface area contributed by atoms with Crippen molar-refractivity contribution in [3.05, 3.63) is 35.4 Å². The summed E-state index contributed by atoms with van der Waals surface area (Å²) in [5.74, 6) is 0.161. The van der Waals surface area contributed by atoms with E-state index in [1.807, 2.05) is 12.1 Å². The number of hydrogen-bond acceptors (Lipinski definition) is 2. The predicted octanol–water partition coefficient (Wildman–Crippen LogP) is 2.14. The number of aryl methyl sites for hydroxylation is 2. The molecule has 2 nitrogen and oxygen atoms in total. The van der Waals surface area contributed by atoms with Crippen LogP contribution in [-0.4, -0.2) is 19.5 Å². The molecule has 0 N–H and O–H groups in total. The lowest BCUT2D eigenvalue weighted by Gasteiger charge is -2.01. The first-order valence-corrected chi connectivity index (χ1v) is 4.78. The summed E-state index contributed by atoms with van der Waals surface area (Å²) < 4.78 is 4.77. The van der Waals surface area contributed by atoms with Gasteiger partial charge in [0.25, 0.3) is 0 Å². The average Bonchev–Trinajstić information content (AvgIpc) is 2.15. The molecule has 0 bridgehead atoms. The van der Waals surface area contributed by atoms with Crippen molar-refractivity contribution >= 4 is 5.78 Å². The van der Waals surface area contributed by atoms with Crippen molar-refractivity contribution in [3.8, 4) is 0 Å². The van der Waals surface area contributed by atoms with E-state index in [2.05, 4.69) is 19.1 Å². The third-order valence-corrected chi connectivity index (χ3v) is 2.08. The van der Waals surface area contributed by atoms with Gasteiger partial charge in [-0.1, -0.05) is 29.8 Å². The molecule has 0 atom stereocenters. The maximum absolute atomic E-state index is 11.2. The van der Waals surface area contributed by atoms with Gasteiger partial charge in [-0.15, -0.1) is 0 Å². The Morgan fingerprint density at radius 3 is 2.86 bits per heavy atom. The monoisotopic (exact) mass is 192 g/mol. The summed E-state index contributed by atoms with van der Waals surface area (Å²) in [4.78, 5) is 11.2. The maximum Gasteiger partial charge on any atom is 0.158 e. The van der Waals surface area contributed by atoms with E-state index < -0.39 is 0 Å². The zero-order valence-corrected chi connectivity index (χ0v) is 8.75. The van der Waals surface area contributed by atoms with Crippen LogP contribution in [-0.2, 0) is 16.0 Å². The largest absolute Gasteiger partial charge is 0.377 e. The smallest absolute Gasteiger partial charge is 0.158 e. The Bertz CT molecular complexity index is 305. The molecule has 0 unspecified atom stereocenters. The van der Waals surface area contributed by atoms with Gasteiger partial charge in [0.1, 0.15) is 6.61 Å². The quantitative estimate of drug-likeness (QED) is 0.714. The lowest BCUT2D eigenvalue weighted by Crippen LogP contribution is -2.07. The zero-order valence-electron chi connectivity index (χ0n) is 8.75. The van der Waals surface area contributed by atoms with Gasteiger partial charge in [-0.05, 0) is 18.9 Å². The highest BCUT2D eigenvalue weighted by Gasteiger charge is 2.01. The van der Waals surface area contributed by atoms with Gasteiger partial charge in [0.05, 0.1) is 0 Å². The molecule has 76 valence electrons. The number of Topliss-reactive ketones (excluding diaryl/α,β-unsaturated/α-hetero) is 1. The van der Waals surface area contributed by atoms with Gasteiger partial charge in [0, 0.05) is 13.5 Å². The molecule has 1 rings (SSSR count). The van der Waals surface area contributed by atoms with Gasteiger partial charge >= 0.3 is 0 Å². The highest BCUT2D eigenvalue weighted by atomic mass is 16.5. The summed E-state index contributed by atoms with van der Waals surface area (Å²) in [5.41, 5.74) is 2.45. The maximum atomic E-state index is 11.2. The van der Waals surface area contributed by atoms with E-state index in [-0.39, 0.29) is 12.4 Å². The standard InChI is InChI=1S/C12H16O2/c1-10-4-3-5-11(8-10)6-7-12(13)9-14-2/h3-5,8H,6-7,9H2,1-2H3. The summed E-state index contributed by atoms with van der Waals surface area (Å²) >= 11 is 0. The van der Waals surface area contributed by atoms with Crippen LogP contribution in [0.3, 0.4) is 0 Å². The fourth-order valence-electron chi connectivity index (χ4n) is 1.38. The summed E-state index contributed by atoms with van der Waals surface area (Å²) in [6.45, 7) is 2.28. The molecule has 0 saturated carbocycles. The predicted molar refractivity (Wildman–Crippen MR) is 56.4 cm³/mol. The van der Waals surface area contributed by atoms with Crippen LogP contribution in [0, 0.1) is 6.92 Å². The molecule has 0 heterocycles. The van der Waals surface area contributed by atoms with Crippen LogP contribution in [0.15, 0.2) is 24.3 Å². The number of methoxy groups -OCH3 is 1. The number of carbonyl (C=O) groups excluding carboxylic acids is 1. The molecule has 0 radical (unpaired) electrons. The van der Waals surface area contributed by atoms with Crippen molar-refractivity contribution in [2.45, 2.75) is 19.8 Å². The summed E-state index contributed by atoms with van der Waals surface area (Å²) in [7, 11) is 1.55. The Morgan fingerprint density at radius 1 is 1.43 bits per heavy atom. The van der Waals surface area contributed by atoms with Crippen LogP contribution in [0.25, 0.3) is 0 Å². The Labute approximate surface area is 84.9 Å². The first-order chi connectivity index (χ1) is 6.72. The van der Waals surface area contributed by atoms with Crippen LogP contribution in [0.5, 0.6) is 0 Å². The van der Waals surface area contributed by atoms with Crippen LogP contribution in [0.4, 0.5) is 0 Å². The molecule has 1 aromatic carbocycles. The zero-order chi connectivity index (χ0) is 10.4.